The highest BCUT2D eigenvalue weighted by molar-refractivity contribution is 6.33. The van der Waals surface area contributed by atoms with Crippen LogP contribution in [0.5, 0.6) is 5.75 Å². The van der Waals surface area contributed by atoms with Crippen LogP contribution in [-0.4, -0.2) is 35.3 Å². The second-order valence-corrected chi connectivity index (χ2v) is 6.15. The van der Waals surface area contributed by atoms with Crippen molar-refractivity contribution in [2.24, 2.45) is 0 Å². The highest BCUT2D eigenvalue weighted by Crippen LogP contribution is 2.30. The molecular formula is C18H23ClN2O. The fourth-order valence-electron chi connectivity index (χ4n) is 2.51. The van der Waals surface area contributed by atoms with Gasteiger partial charge in [-0.25, -0.2) is 0 Å². The van der Waals surface area contributed by atoms with Gasteiger partial charge in [0.2, 0.25) is 0 Å². The van der Waals surface area contributed by atoms with E-state index in [0.29, 0.717) is 0 Å². The lowest BCUT2D eigenvalue weighted by molar-refractivity contribution is 0.414. The minimum absolute atomic E-state index is 0.775. The lowest BCUT2D eigenvalue weighted by atomic mass is 10.0. The average molecular weight is 319 g/mol. The fourth-order valence-corrected chi connectivity index (χ4v) is 2.88. The number of benzene rings is 2. The largest absolute Gasteiger partial charge is 0.497 e. The molecule has 22 heavy (non-hydrogen) atoms. The summed E-state index contributed by atoms with van der Waals surface area (Å²) in [5.74, 6) is 0.872. The molecule has 2 aromatic carbocycles. The van der Waals surface area contributed by atoms with Gasteiger partial charge in [0, 0.05) is 33.9 Å². The van der Waals surface area contributed by atoms with E-state index >= 15 is 0 Å². The first-order valence-corrected chi connectivity index (χ1v) is 7.60. The number of nitrogens with zero attached hydrogens (tertiary/aromatic N) is 2. The Bertz CT molecular complexity index is 654. The number of halogens is 1. The van der Waals surface area contributed by atoms with Crippen LogP contribution >= 0.6 is 11.6 Å². The Morgan fingerprint density at radius 3 is 2.09 bits per heavy atom. The summed E-state index contributed by atoms with van der Waals surface area (Å²) in [4.78, 5) is 4.13. The highest BCUT2D eigenvalue weighted by atomic mass is 35.5. The van der Waals surface area contributed by atoms with Gasteiger partial charge in [-0.05, 0) is 47.9 Å². The van der Waals surface area contributed by atoms with E-state index in [0.717, 1.165) is 22.9 Å². The lowest BCUT2D eigenvalue weighted by Crippen LogP contribution is -2.12. The number of anilines is 2. The summed E-state index contributed by atoms with van der Waals surface area (Å²) in [6.45, 7) is 0. The molecule has 118 valence electrons. The van der Waals surface area contributed by atoms with Crippen LogP contribution in [0.4, 0.5) is 11.4 Å². The molecule has 0 saturated carbocycles. The molecule has 0 heterocycles. The topological polar surface area (TPSA) is 15.7 Å². The van der Waals surface area contributed by atoms with E-state index in [1.54, 1.807) is 7.11 Å². The van der Waals surface area contributed by atoms with Crippen LogP contribution in [0.15, 0.2) is 36.4 Å². The third-order valence-corrected chi connectivity index (χ3v) is 3.96. The summed E-state index contributed by atoms with van der Waals surface area (Å²) in [6, 6.07) is 12.4. The quantitative estimate of drug-likeness (QED) is 0.826. The molecule has 2 aromatic rings. The van der Waals surface area contributed by atoms with Gasteiger partial charge in [-0.1, -0.05) is 17.7 Å². The Hall–Kier alpha value is -1.87. The molecule has 0 unspecified atom stereocenters. The first-order valence-electron chi connectivity index (χ1n) is 7.22. The van der Waals surface area contributed by atoms with Gasteiger partial charge in [0.05, 0.1) is 17.8 Å². The molecule has 0 spiro atoms. The fraction of sp³-hybridized carbons (Fsp3) is 0.333. The average Bonchev–Trinajstić information content (AvgIpc) is 2.46. The number of hydrogen-bond acceptors (Lipinski definition) is 3. The van der Waals surface area contributed by atoms with Gasteiger partial charge >= 0.3 is 0 Å². The van der Waals surface area contributed by atoms with Crippen LogP contribution in [0.2, 0.25) is 5.02 Å². The maximum Gasteiger partial charge on any atom is 0.119 e. The van der Waals surface area contributed by atoms with Gasteiger partial charge in [-0.3, -0.25) is 0 Å². The predicted molar refractivity (Wildman–Crippen MR) is 95.9 cm³/mol. The van der Waals surface area contributed by atoms with Crippen molar-refractivity contribution in [3.8, 4) is 5.75 Å². The van der Waals surface area contributed by atoms with Crippen molar-refractivity contribution in [1.82, 2.24) is 0 Å². The molecular weight excluding hydrogens is 296 g/mol. The first kappa shape index (κ1) is 16.5. The molecule has 0 aromatic heterocycles. The van der Waals surface area contributed by atoms with Crippen LogP contribution in [0.3, 0.4) is 0 Å². The van der Waals surface area contributed by atoms with E-state index in [4.69, 9.17) is 16.3 Å². The second kappa shape index (κ2) is 6.93. The molecule has 4 heteroatoms. The Morgan fingerprint density at radius 2 is 1.55 bits per heavy atom. The van der Waals surface area contributed by atoms with Gasteiger partial charge in [0.15, 0.2) is 0 Å². The normalized spacial score (nSPS) is 10.5. The van der Waals surface area contributed by atoms with Crippen LogP contribution in [0.1, 0.15) is 11.1 Å². The van der Waals surface area contributed by atoms with Crippen molar-refractivity contribution in [2.75, 3.05) is 45.1 Å². The molecule has 3 nitrogen and oxygen atoms in total. The van der Waals surface area contributed by atoms with Crippen LogP contribution in [0, 0.1) is 0 Å². The zero-order chi connectivity index (χ0) is 16.3. The van der Waals surface area contributed by atoms with Gasteiger partial charge in [-0.2, -0.15) is 0 Å². The Kier molecular flexibility index (Phi) is 5.19. The molecule has 0 amide bonds. The van der Waals surface area contributed by atoms with Gasteiger partial charge in [0.1, 0.15) is 5.75 Å². The predicted octanol–water partition coefficient (Wildman–Crippen LogP) is 4.07. The third-order valence-electron chi connectivity index (χ3n) is 3.66. The number of rotatable bonds is 5. The van der Waals surface area contributed by atoms with Crippen molar-refractivity contribution in [2.45, 2.75) is 6.42 Å². The van der Waals surface area contributed by atoms with Crippen molar-refractivity contribution < 1.29 is 4.74 Å². The highest BCUT2D eigenvalue weighted by Gasteiger charge is 2.09. The number of methoxy groups -OCH3 is 1. The van der Waals surface area contributed by atoms with Crippen molar-refractivity contribution in [3.05, 3.63) is 52.5 Å². The smallest absolute Gasteiger partial charge is 0.119 e. The molecule has 0 saturated heterocycles. The standard InChI is InChI=1S/C18H23ClN2O/c1-20(2)17-9-7-15(22-5)12-14(17)10-13-6-8-18(21(3)4)16(19)11-13/h6-9,11-12H,10H2,1-5H3. The van der Waals surface area contributed by atoms with E-state index in [1.807, 2.05) is 45.2 Å². The minimum atomic E-state index is 0.775. The van der Waals surface area contributed by atoms with Crippen LogP contribution in [0.25, 0.3) is 0 Å². The summed E-state index contributed by atoms with van der Waals surface area (Å²) in [5, 5.41) is 0.775. The molecule has 0 aliphatic heterocycles. The van der Waals surface area contributed by atoms with Crippen molar-refractivity contribution in [1.29, 1.82) is 0 Å². The Balaban J connectivity index is 2.35. The maximum atomic E-state index is 6.37. The molecule has 0 fully saturated rings. The monoisotopic (exact) mass is 318 g/mol. The number of hydrogen-bond donors (Lipinski definition) is 0. The van der Waals surface area contributed by atoms with E-state index in [-0.39, 0.29) is 0 Å². The Morgan fingerprint density at radius 1 is 0.909 bits per heavy atom. The summed E-state index contributed by atoms with van der Waals surface area (Å²) in [7, 11) is 9.78. The third kappa shape index (κ3) is 3.66. The molecule has 0 bridgehead atoms. The zero-order valence-electron chi connectivity index (χ0n) is 13.9. The lowest BCUT2D eigenvalue weighted by Gasteiger charge is -2.19. The molecule has 0 aliphatic rings. The van der Waals surface area contributed by atoms with Crippen molar-refractivity contribution >= 4 is 23.0 Å². The number of ether oxygens (including phenoxy) is 1. The van der Waals surface area contributed by atoms with E-state index in [2.05, 4.69) is 29.2 Å². The summed E-state index contributed by atoms with van der Waals surface area (Å²) in [6.07, 6.45) is 0.818. The Labute approximate surface area is 138 Å². The van der Waals surface area contributed by atoms with E-state index in [1.165, 1.54) is 16.8 Å². The summed E-state index contributed by atoms with van der Waals surface area (Å²) < 4.78 is 5.35. The van der Waals surface area contributed by atoms with Gasteiger partial charge in [-0.15, -0.1) is 0 Å². The zero-order valence-corrected chi connectivity index (χ0v) is 14.6. The summed E-state index contributed by atoms with van der Waals surface area (Å²) in [5.41, 5.74) is 4.63. The molecule has 0 atom stereocenters. The van der Waals surface area contributed by atoms with E-state index < -0.39 is 0 Å². The second-order valence-electron chi connectivity index (χ2n) is 5.75. The van der Waals surface area contributed by atoms with Gasteiger partial charge in [0.25, 0.3) is 0 Å². The molecule has 0 N–H and O–H groups in total. The van der Waals surface area contributed by atoms with E-state index in [9.17, 15) is 0 Å². The van der Waals surface area contributed by atoms with Crippen LogP contribution < -0.4 is 14.5 Å². The molecule has 0 aliphatic carbocycles. The van der Waals surface area contributed by atoms with Gasteiger partial charge < -0.3 is 14.5 Å². The van der Waals surface area contributed by atoms with Crippen LogP contribution in [-0.2, 0) is 6.42 Å². The minimum Gasteiger partial charge on any atom is -0.497 e. The summed E-state index contributed by atoms with van der Waals surface area (Å²) >= 11 is 6.37. The SMILES string of the molecule is COc1ccc(N(C)C)c(Cc2ccc(N(C)C)c(Cl)c2)c1. The maximum absolute atomic E-state index is 6.37. The molecule has 0 radical (unpaired) electrons. The first-order chi connectivity index (χ1) is 10.4. The van der Waals surface area contributed by atoms with Crippen molar-refractivity contribution in [3.63, 3.8) is 0 Å². The molecule has 2 rings (SSSR count).